The number of halogens is 1. The fourth-order valence-corrected chi connectivity index (χ4v) is 2.42. The smallest absolute Gasteiger partial charge is 0.145 e. The SMILES string of the molecule is CCCNc1ncnc(NCCN(CC)CCC)c1Br. The minimum absolute atomic E-state index is 0.852. The van der Waals surface area contributed by atoms with Crippen molar-refractivity contribution in [1.82, 2.24) is 14.9 Å². The third-order valence-corrected chi connectivity index (χ3v) is 3.79. The van der Waals surface area contributed by atoms with E-state index in [1.54, 1.807) is 6.33 Å². The summed E-state index contributed by atoms with van der Waals surface area (Å²) < 4.78 is 0.909. The van der Waals surface area contributed by atoms with E-state index in [2.05, 4.69) is 62.2 Å². The van der Waals surface area contributed by atoms with Gasteiger partial charge in [-0.2, -0.15) is 0 Å². The second kappa shape index (κ2) is 9.94. The first kappa shape index (κ1) is 17.2. The fraction of sp³-hybridized carbons (Fsp3) is 0.714. The van der Waals surface area contributed by atoms with Gasteiger partial charge in [0.2, 0.25) is 0 Å². The van der Waals surface area contributed by atoms with Crippen LogP contribution in [0.5, 0.6) is 0 Å². The summed E-state index contributed by atoms with van der Waals surface area (Å²) in [6.07, 6.45) is 3.85. The molecule has 5 nitrogen and oxygen atoms in total. The Kier molecular flexibility index (Phi) is 8.53. The molecule has 0 saturated carbocycles. The molecule has 0 radical (unpaired) electrons. The summed E-state index contributed by atoms with van der Waals surface area (Å²) >= 11 is 3.56. The molecule has 0 fully saturated rings. The van der Waals surface area contributed by atoms with Crippen molar-refractivity contribution in [2.45, 2.75) is 33.6 Å². The number of anilines is 2. The van der Waals surface area contributed by atoms with Crippen molar-refractivity contribution in [3.05, 3.63) is 10.8 Å². The molecule has 0 bridgehead atoms. The van der Waals surface area contributed by atoms with Crippen LogP contribution >= 0.6 is 15.9 Å². The van der Waals surface area contributed by atoms with Crippen molar-refractivity contribution in [2.75, 3.05) is 43.4 Å². The second-order valence-corrected chi connectivity index (χ2v) is 5.47. The molecule has 1 aromatic heterocycles. The summed E-state index contributed by atoms with van der Waals surface area (Å²) in [5.74, 6) is 1.71. The van der Waals surface area contributed by atoms with Gasteiger partial charge in [0.1, 0.15) is 22.4 Å². The Labute approximate surface area is 130 Å². The number of likely N-dealkylation sites (N-methyl/N-ethyl adjacent to an activating group) is 1. The minimum atomic E-state index is 0.852. The van der Waals surface area contributed by atoms with E-state index < -0.39 is 0 Å². The van der Waals surface area contributed by atoms with Crippen molar-refractivity contribution in [3.8, 4) is 0 Å². The highest BCUT2D eigenvalue weighted by Gasteiger charge is 2.08. The van der Waals surface area contributed by atoms with Gasteiger partial charge >= 0.3 is 0 Å². The standard InChI is InChI=1S/C14H26BrN5/c1-4-7-16-13-12(15)14(19-11-18-13)17-8-10-20(6-3)9-5-2/h11H,4-10H2,1-3H3,(H2,16,17,18,19). The molecule has 114 valence electrons. The highest BCUT2D eigenvalue weighted by atomic mass is 79.9. The Morgan fingerprint density at radius 1 is 1.00 bits per heavy atom. The molecule has 0 amide bonds. The molecule has 0 aliphatic heterocycles. The van der Waals surface area contributed by atoms with Gasteiger partial charge in [0, 0.05) is 19.6 Å². The van der Waals surface area contributed by atoms with Crippen molar-refractivity contribution in [2.24, 2.45) is 0 Å². The molecule has 6 heteroatoms. The zero-order valence-corrected chi connectivity index (χ0v) is 14.3. The lowest BCUT2D eigenvalue weighted by Gasteiger charge is -2.20. The van der Waals surface area contributed by atoms with Crippen LogP contribution in [-0.2, 0) is 0 Å². The zero-order valence-electron chi connectivity index (χ0n) is 12.7. The maximum Gasteiger partial charge on any atom is 0.145 e. The van der Waals surface area contributed by atoms with E-state index in [1.165, 1.54) is 6.42 Å². The molecule has 1 aromatic rings. The van der Waals surface area contributed by atoms with Crippen LogP contribution < -0.4 is 10.6 Å². The maximum absolute atomic E-state index is 4.29. The molecule has 0 aromatic carbocycles. The van der Waals surface area contributed by atoms with Crippen LogP contribution in [0.4, 0.5) is 11.6 Å². The van der Waals surface area contributed by atoms with Crippen LogP contribution in [0.2, 0.25) is 0 Å². The van der Waals surface area contributed by atoms with E-state index in [4.69, 9.17) is 0 Å². The van der Waals surface area contributed by atoms with Gasteiger partial charge in [-0.3, -0.25) is 0 Å². The van der Waals surface area contributed by atoms with Crippen molar-refractivity contribution in [1.29, 1.82) is 0 Å². The van der Waals surface area contributed by atoms with E-state index in [-0.39, 0.29) is 0 Å². The normalized spacial score (nSPS) is 10.8. The Morgan fingerprint density at radius 3 is 2.20 bits per heavy atom. The predicted octanol–water partition coefficient (Wildman–Crippen LogP) is 3.20. The van der Waals surface area contributed by atoms with Gasteiger partial charge in [-0.25, -0.2) is 9.97 Å². The topological polar surface area (TPSA) is 53.1 Å². The summed E-state index contributed by atoms with van der Waals surface area (Å²) in [5.41, 5.74) is 0. The van der Waals surface area contributed by atoms with Gasteiger partial charge < -0.3 is 15.5 Å². The summed E-state index contributed by atoms with van der Waals surface area (Å²) in [5, 5.41) is 6.66. The van der Waals surface area contributed by atoms with Gasteiger partial charge in [-0.15, -0.1) is 0 Å². The average Bonchev–Trinajstić information content (AvgIpc) is 2.46. The van der Waals surface area contributed by atoms with Gasteiger partial charge in [0.05, 0.1) is 0 Å². The summed E-state index contributed by atoms with van der Waals surface area (Å²) in [6, 6.07) is 0. The Morgan fingerprint density at radius 2 is 1.65 bits per heavy atom. The Balaban J connectivity index is 2.51. The van der Waals surface area contributed by atoms with Crippen LogP contribution in [0.1, 0.15) is 33.6 Å². The van der Waals surface area contributed by atoms with Crippen molar-refractivity contribution >= 4 is 27.6 Å². The van der Waals surface area contributed by atoms with E-state index in [0.29, 0.717) is 0 Å². The molecule has 1 heterocycles. The largest absolute Gasteiger partial charge is 0.369 e. The molecule has 0 aliphatic carbocycles. The van der Waals surface area contributed by atoms with Crippen LogP contribution in [0.25, 0.3) is 0 Å². The van der Waals surface area contributed by atoms with Gasteiger partial charge in [-0.05, 0) is 41.9 Å². The maximum atomic E-state index is 4.29. The lowest BCUT2D eigenvalue weighted by atomic mass is 10.4. The highest BCUT2D eigenvalue weighted by molar-refractivity contribution is 9.10. The monoisotopic (exact) mass is 343 g/mol. The summed E-state index contributed by atoms with van der Waals surface area (Å²) in [7, 11) is 0. The Bertz CT molecular complexity index is 386. The molecular weight excluding hydrogens is 318 g/mol. The number of rotatable bonds is 10. The zero-order chi connectivity index (χ0) is 14.8. The van der Waals surface area contributed by atoms with E-state index in [9.17, 15) is 0 Å². The van der Waals surface area contributed by atoms with Crippen LogP contribution in [0.15, 0.2) is 10.8 Å². The summed E-state index contributed by atoms with van der Waals surface area (Å²) in [4.78, 5) is 11.0. The molecule has 0 unspecified atom stereocenters. The van der Waals surface area contributed by atoms with Crippen LogP contribution in [-0.4, -0.2) is 47.6 Å². The lowest BCUT2D eigenvalue weighted by molar-refractivity contribution is 0.300. The van der Waals surface area contributed by atoms with Gasteiger partial charge in [0.25, 0.3) is 0 Å². The van der Waals surface area contributed by atoms with Gasteiger partial charge in [0.15, 0.2) is 0 Å². The highest BCUT2D eigenvalue weighted by Crippen LogP contribution is 2.26. The molecule has 0 saturated heterocycles. The predicted molar refractivity (Wildman–Crippen MR) is 89.4 cm³/mol. The first-order valence-electron chi connectivity index (χ1n) is 7.43. The third-order valence-electron chi connectivity index (χ3n) is 3.04. The first-order chi connectivity index (χ1) is 9.72. The molecule has 20 heavy (non-hydrogen) atoms. The molecule has 0 spiro atoms. The van der Waals surface area contributed by atoms with E-state index in [1.807, 2.05) is 0 Å². The number of nitrogens with one attached hydrogen (secondary N) is 2. The van der Waals surface area contributed by atoms with Gasteiger partial charge in [-0.1, -0.05) is 20.8 Å². The molecular formula is C14H26BrN5. The molecule has 2 N–H and O–H groups in total. The lowest BCUT2D eigenvalue weighted by Crippen LogP contribution is -2.29. The number of hydrogen-bond acceptors (Lipinski definition) is 5. The number of aromatic nitrogens is 2. The summed E-state index contributed by atoms with van der Waals surface area (Å²) in [6.45, 7) is 11.6. The molecule has 0 aliphatic rings. The second-order valence-electron chi connectivity index (χ2n) is 4.67. The third kappa shape index (κ3) is 5.63. The molecule has 0 atom stereocenters. The van der Waals surface area contributed by atoms with E-state index in [0.717, 1.165) is 55.3 Å². The molecule has 1 rings (SSSR count). The number of nitrogens with zero attached hydrogens (tertiary/aromatic N) is 3. The van der Waals surface area contributed by atoms with Crippen LogP contribution in [0, 0.1) is 0 Å². The number of hydrogen-bond donors (Lipinski definition) is 2. The fourth-order valence-electron chi connectivity index (χ4n) is 1.94. The minimum Gasteiger partial charge on any atom is -0.369 e. The van der Waals surface area contributed by atoms with E-state index >= 15 is 0 Å². The van der Waals surface area contributed by atoms with Crippen molar-refractivity contribution < 1.29 is 0 Å². The van der Waals surface area contributed by atoms with Crippen molar-refractivity contribution in [3.63, 3.8) is 0 Å². The average molecular weight is 344 g/mol. The quantitative estimate of drug-likeness (QED) is 0.683. The first-order valence-corrected chi connectivity index (χ1v) is 8.22. The Hall–Kier alpha value is -0.880. The van der Waals surface area contributed by atoms with Crippen LogP contribution in [0.3, 0.4) is 0 Å².